The van der Waals surface area contributed by atoms with Crippen LogP contribution in [0.3, 0.4) is 0 Å². The Labute approximate surface area is 117 Å². The topological polar surface area (TPSA) is 38.2 Å². The molecule has 1 saturated heterocycles. The molecule has 0 radical (unpaired) electrons. The molecule has 0 N–H and O–H groups in total. The molecule has 1 aromatic heterocycles. The van der Waals surface area contributed by atoms with Crippen molar-refractivity contribution in [2.45, 2.75) is 13.0 Å². The second kappa shape index (κ2) is 5.54. The molecule has 0 bridgehead atoms. The van der Waals surface area contributed by atoms with Gasteiger partial charge in [0.15, 0.2) is 0 Å². The standard InChI is InChI=1S/C15H16FN3O/c1-11-8-17-9-15(18-11)19-6-7-20-14(10-19)12-4-2-3-5-13(12)16/h2-5,8-9,14H,6-7,10H2,1H3. The van der Waals surface area contributed by atoms with E-state index in [0.29, 0.717) is 18.7 Å². The maximum Gasteiger partial charge on any atom is 0.147 e. The van der Waals surface area contributed by atoms with Gasteiger partial charge in [0.25, 0.3) is 0 Å². The Morgan fingerprint density at radius 3 is 2.95 bits per heavy atom. The van der Waals surface area contributed by atoms with Gasteiger partial charge in [-0.25, -0.2) is 9.37 Å². The fraction of sp³-hybridized carbons (Fsp3) is 0.333. The van der Waals surface area contributed by atoms with Gasteiger partial charge in [-0.05, 0) is 13.0 Å². The van der Waals surface area contributed by atoms with E-state index in [0.717, 1.165) is 18.1 Å². The summed E-state index contributed by atoms with van der Waals surface area (Å²) in [6.45, 7) is 3.78. The molecule has 20 heavy (non-hydrogen) atoms. The number of nitrogens with zero attached hydrogens (tertiary/aromatic N) is 3. The van der Waals surface area contributed by atoms with Crippen molar-refractivity contribution in [3.05, 3.63) is 53.7 Å². The van der Waals surface area contributed by atoms with Gasteiger partial charge < -0.3 is 9.64 Å². The summed E-state index contributed by atoms with van der Waals surface area (Å²) in [6.07, 6.45) is 3.18. The number of rotatable bonds is 2. The Morgan fingerprint density at radius 1 is 1.30 bits per heavy atom. The van der Waals surface area contributed by atoms with Gasteiger partial charge >= 0.3 is 0 Å². The van der Waals surface area contributed by atoms with Crippen molar-refractivity contribution in [3.63, 3.8) is 0 Å². The molecule has 1 aliphatic heterocycles. The Bertz CT molecular complexity index is 605. The zero-order valence-corrected chi connectivity index (χ0v) is 11.3. The molecule has 104 valence electrons. The van der Waals surface area contributed by atoms with E-state index in [4.69, 9.17) is 4.74 Å². The third-order valence-corrected chi connectivity index (χ3v) is 3.38. The van der Waals surface area contributed by atoms with Crippen LogP contribution < -0.4 is 4.90 Å². The van der Waals surface area contributed by atoms with Crippen LogP contribution in [0.5, 0.6) is 0 Å². The normalized spacial score (nSPS) is 19.1. The Morgan fingerprint density at radius 2 is 2.15 bits per heavy atom. The van der Waals surface area contributed by atoms with Gasteiger partial charge in [0.2, 0.25) is 0 Å². The van der Waals surface area contributed by atoms with Gasteiger partial charge in [0.1, 0.15) is 17.7 Å². The molecule has 1 atom stereocenters. The maximum atomic E-state index is 13.8. The van der Waals surface area contributed by atoms with E-state index in [2.05, 4.69) is 14.9 Å². The number of hydrogen-bond acceptors (Lipinski definition) is 4. The van der Waals surface area contributed by atoms with Gasteiger partial charge in [-0.2, -0.15) is 0 Å². The zero-order valence-electron chi connectivity index (χ0n) is 11.3. The van der Waals surface area contributed by atoms with E-state index in [-0.39, 0.29) is 11.9 Å². The van der Waals surface area contributed by atoms with Crippen LogP contribution in [0.4, 0.5) is 10.2 Å². The number of hydrogen-bond donors (Lipinski definition) is 0. The molecule has 1 aromatic carbocycles. The Hall–Kier alpha value is -2.01. The Kier molecular flexibility index (Phi) is 3.60. The molecule has 0 saturated carbocycles. The smallest absolute Gasteiger partial charge is 0.147 e. The van der Waals surface area contributed by atoms with Crippen molar-refractivity contribution in [1.29, 1.82) is 0 Å². The predicted octanol–water partition coefficient (Wildman–Crippen LogP) is 2.50. The highest BCUT2D eigenvalue weighted by molar-refractivity contribution is 5.38. The lowest BCUT2D eigenvalue weighted by atomic mass is 10.1. The molecule has 1 aliphatic rings. The average molecular weight is 273 g/mol. The zero-order chi connectivity index (χ0) is 13.9. The summed E-state index contributed by atoms with van der Waals surface area (Å²) in [5.41, 5.74) is 1.47. The van der Waals surface area contributed by atoms with Crippen LogP contribution in [0.15, 0.2) is 36.7 Å². The molecule has 5 heteroatoms. The maximum absolute atomic E-state index is 13.8. The highest BCUT2D eigenvalue weighted by atomic mass is 19.1. The molecular weight excluding hydrogens is 257 g/mol. The van der Waals surface area contributed by atoms with Crippen molar-refractivity contribution in [1.82, 2.24) is 9.97 Å². The van der Waals surface area contributed by atoms with Gasteiger partial charge in [0.05, 0.1) is 25.0 Å². The minimum atomic E-state index is -0.271. The van der Waals surface area contributed by atoms with Gasteiger partial charge in [-0.15, -0.1) is 0 Å². The fourth-order valence-corrected chi connectivity index (χ4v) is 2.38. The number of anilines is 1. The van der Waals surface area contributed by atoms with E-state index in [1.807, 2.05) is 13.0 Å². The first-order valence-electron chi connectivity index (χ1n) is 6.63. The van der Waals surface area contributed by atoms with E-state index in [1.54, 1.807) is 24.5 Å². The minimum absolute atomic E-state index is 0.227. The summed E-state index contributed by atoms with van der Waals surface area (Å²) in [5.74, 6) is 0.587. The summed E-state index contributed by atoms with van der Waals surface area (Å²) >= 11 is 0. The van der Waals surface area contributed by atoms with Crippen LogP contribution >= 0.6 is 0 Å². The van der Waals surface area contributed by atoms with Crippen molar-refractivity contribution in [2.24, 2.45) is 0 Å². The molecular formula is C15H16FN3O. The second-order valence-corrected chi connectivity index (χ2v) is 4.85. The first-order chi connectivity index (χ1) is 9.74. The molecule has 2 aromatic rings. The first-order valence-corrected chi connectivity index (χ1v) is 6.63. The monoisotopic (exact) mass is 273 g/mol. The molecule has 1 unspecified atom stereocenters. The summed E-state index contributed by atoms with van der Waals surface area (Å²) in [5, 5.41) is 0. The highest BCUT2D eigenvalue weighted by Gasteiger charge is 2.25. The predicted molar refractivity (Wildman–Crippen MR) is 74.1 cm³/mol. The summed E-state index contributed by atoms with van der Waals surface area (Å²) in [4.78, 5) is 10.7. The highest BCUT2D eigenvalue weighted by Crippen LogP contribution is 2.26. The molecule has 4 nitrogen and oxygen atoms in total. The van der Waals surface area contributed by atoms with E-state index in [9.17, 15) is 4.39 Å². The number of aryl methyl sites for hydroxylation is 1. The third kappa shape index (κ3) is 2.63. The van der Waals surface area contributed by atoms with Gasteiger partial charge in [0, 0.05) is 18.3 Å². The van der Waals surface area contributed by atoms with Gasteiger partial charge in [-0.1, -0.05) is 18.2 Å². The molecule has 3 rings (SSSR count). The Balaban J connectivity index is 1.82. The fourth-order valence-electron chi connectivity index (χ4n) is 2.38. The van der Waals surface area contributed by atoms with Crippen LogP contribution in [0.25, 0.3) is 0 Å². The average Bonchev–Trinajstić information content (AvgIpc) is 2.48. The number of ether oxygens (including phenoxy) is 1. The van der Waals surface area contributed by atoms with Crippen LogP contribution in [0.2, 0.25) is 0 Å². The summed E-state index contributed by atoms with van der Waals surface area (Å²) in [7, 11) is 0. The van der Waals surface area contributed by atoms with Crippen LogP contribution in [-0.4, -0.2) is 29.7 Å². The van der Waals surface area contributed by atoms with Crippen LogP contribution in [-0.2, 0) is 4.74 Å². The van der Waals surface area contributed by atoms with Crippen molar-refractivity contribution >= 4 is 5.82 Å². The molecule has 0 aliphatic carbocycles. The van der Waals surface area contributed by atoms with Crippen molar-refractivity contribution in [3.8, 4) is 0 Å². The molecule has 2 heterocycles. The van der Waals surface area contributed by atoms with Crippen molar-refractivity contribution < 1.29 is 9.13 Å². The van der Waals surface area contributed by atoms with Crippen molar-refractivity contribution in [2.75, 3.05) is 24.6 Å². The summed E-state index contributed by atoms with van der Waals surface area (Å²) < 4.78 is 19.5. The molecule has 1 fully saturated rings. The number of benzene rings is 1. The lowest BCUT2D eigenvalue weighted by Crippen LogP contribution is -2.39. The minimum Gasteiger partial charge on any atom is -0.370 e. The van der Waals surface area contributed by atoms with E-state index in [1.165, 1.54) is 6.07 Å². The van der Waals surface area contributed by atoms with Gasteiger partial charge in [-0.3, -0.25) is 4.98 Å². The lowest BCUT2D eigenvalue weighted by Gasteiger charge is -2.33. The van der Waals surface area contributed by atoms with E-state index < -0.39 is 0 Å². The number of halogens is 1. The van der Waals surface area contributed by atoms with Crippen LogP contribution in [0, 0.1) is 12.7 Å². The third-order valence-electron chi connectivity index (χ3n) is 3.38. The number of morpholine rings is 1. The summed E-state index contributed by atoms with van der Waals surface area (Å²) in [6, 6.07) is 6.74. The molecule has 0 spiro atoms. The van der Waals surface area contributed by atoms with Crippen LogP contribution in [0.1, 0.15) is 17.4 Å². The quantitative estimate of drug-likeness (QED) is 0.842. The molecule has 0 amide bonds. The number of aromatic nitrogens is 2. The SMILES string of the molecule is Cc1cncc(N2CCOC(c3ccccc3F)C2)n1. The second-order valence-electron chi connectivity index (χ2n) is 4.85. The van der Waals surface area contributed by atoms with E-state index >= 15 is 0 Å². The lowest BCUT2D eigenvalue weighted by molar-refractivity contribution is 0.0372. The largest absolute Gasteiger partial charge is 0.370 e. The first kappa shape index (κ1) is 13.0.